The molecule has 2 aromatic carbocycles. The third-order valence-electron chi connectivity index (χ3n) is 3.15. The van der Waals surface area contributed by atoms with Gasteiger partial charge in [-0.15, -0.1) is 0 Å². The van der Waals surface area contributed by atoms with Gasteiger partial charge in [0.05, 0.1) is 10.7 Å². The van der Waals surface area contributed by atoms with Gasteiger partial charge in [-0.05, 0) is 24.3 Å². The Morgan fingerprint density at radius 1 is 1.05 bits per heavy atom. The van der Waals surface area contributed by atoms with Gasteiger partial charge in [-0.1, -0.05) is 41.9 Å². The van der Waals surface area contributed by atoms with Crippen LogP contribution in [-0.4, -0.2) is 15.7 Å². The van der Waals surface area contributed by atoms with Crippen LogP contribution >= 0.6 is 11.6 Å². The number of benzene rings is 2. The first kappa shape index (κ1) is 14.2. The smallest absolute Gasteiger partial charge is 0.295 e. The van der Waals surface area contributed by atoms with Gasteiger partial charge in [0.25, 0.3) is 11.5 Å². The van der Waals surface area contributed by atoms with Crippen LogP contribution in [0.3, 0.4) is 0 Å². The maximum atomic E-state index is 12.3. The molecule has 3 aromatic rings. The Balaban J connectivity index is 1.90. The van der Waals surface area contributed by atoms with E-state index < -0.39 is 0 Å². The number of aromatic amines is 1. The summed E-state index contributed by atoms with van der Waals surface area (Å²) >= 11 is 6.07. The van der Waals surface area contributed by atoms with E-state index in [1.54, 1.807) is 48.5 Å². The van der Waals surface area contributed by atoms with Gasteiger partial charge in [-0.2, -0.15) is 0 Å². The monoisotopic (exact) mass is 313 g/mol. The van der Waals surface area contributed by atoms with Gasteiger partial charge in [-0.3, -0.25) is 14.7 Å². The molecule has 1 aromatic heterocycles. The molecule has 0 bridgehead atoms. The van der Waals surface area contributed by atoms with Crippen molar-refractivity contribution in [3.05, 3.63) is 81.7 Å². The van der Waals surface area contributed by atoms with Crippen molar-refractivity contribution in [2.75, 3.05) is 5.32 Å². The summed E-state index contributed by atoms with van der Waals surface area (Å²) in [6.07, 6.45) is 1.44. The summed E-state index contributed by atoms with van der Waals surface area (Å²) in [4.78, 5) is 24.4. The Labute approximate surface area is 131 Å². The maximum absolute atomic E-state index is 12.3. The van der Waals surface area contributed by atoms with Gasteiger partial charge in [0.2, 0.25) is 0 Å². The molecule has 0 saturated heterocycles. The van der Waals surface area contributed by atoms with Crippen molar-refractivity contribution in [1.29, 1.82) is 0 Å². The molecule has 0 aliphatic heterocycles. The molecular weight excluding hydrogens is 302 g/mol. The molecule has 0 spiro atoms. The van der Waals surface area contributed by atoms with Crippen LogP contribution in [0, 0.1) is 0 Å². The summed E-state index contributed by atoms with van der Waals surface area (Å²) in [6.45, 7) is 0. The molecule has 2 N–H and O–H groups in total. The molecule has 110 valence electrons. The molecule has 0 aliphatic carbocycles. The number of hydrogen-bond acceptors (Lipinski definition) is 2. The lowest BCUT2D eigenvalue weighted by atomic mass is 10.2. The average molecular weight is 314 g/mol. The lowest BCUT2D eigenvalue weighted by Gasteiger charge is -2.03. The first-order chi connectivity index (χ1) is 10.7. The van der Waals surface area contributed by atoms with Crippen molar-refractivity contribution in [2.24, 2.45) is 0 Å². The highest BCUT2D eigenvalue weighted by Gasteiger charge is 2.13. The molecule has 0 unspecified atom stereocenters. The predicted octanol–water partition coefficient (Wildman–Crippen LogP) is 3.07. The predicted molar refractivity (Wildman–Crippen MR) is 85.8 cm³/mol. The summed E-state index contributed by atoms with van der Waals surface area (Å²) in [5, 5.41) is 5.82. The quantitative estimate of drug-likeness (QED) is 0.780. The third kappa shape index (κ3) is 2.66. The number of rotatable bonds is 3. The summed E-state index contributed by atoms with van der Waals surface area (Å²) in [5.41, 5.74) is 0.785. The minimum Gasteiger partial charge on any atom is -0.316 e. The fourth-order valence-electron chi connectivity index (χ4n) is 2.06. The van der Waals surface area contributed by atoms with Crippen molar-refractivity contribution in [2.45, 2.75) is 0 Å². The van der Waals surface area contributed by atoms with E-state index in [4.69, 9.17) is 11.6 Å². The minimum absolute atomic E-state index is 0.161. The normalized spacial score (nSPS) is 10.4. The van der Waals surface area contributed by atoms with Gasteiger partial charge >= 0.3 is 0 Å². The molecule has 6 heteroatoms. The van der Waals surface area contributed by atoms with E-state index in [1.165, 1.54) is 10.9 Å². The fourth-order valence-corrected chi connectivity index (χ4v) is 2.28. The summed E-state index contributed by atoms with van der Waals surface area (Å²) in [5.74, 6) is -0.344. The van der Waals surface area contributed by atoms with E-state index in [2.05, 4.69) is 10.4 Å². The van der Waals surface area contributed by atoms with Crippen molar-refractivity contribution < 1.29 is 4.79 Å². The molecule has 1 amide bonds. The molecule has 1 heterocycles. The number of aromatic nitrogens is 2. The summed E-state index contributed by atoms with van der Waals surface area (Å²) in [6, 6.07) is 15.6. The lowest BCUT2D eigenvalue weighted by Crippen LogP contribution is -2.21. The van der Waals surface area contributed by atoms with Crippen LogP contribution in [0.4, 0.5) is 5.69 Å². The second kappa shape index (κ2) is 5.91. The largest absolute Gasteiger partial charge is 0.316 e. The Morgan fingerprint density at radius 2 is 1.73 bits per heavy atom. The van der Waals surface area contributed by atoms with Crippen LogP contribution in [-0.2, 0) is 0 Å². The standard InChI is InChI=1S/C16H12ClN3O2/c17-12-8-4-5-9-14(12)20-16(22)13(10-18-20)19-15(21)11-6-2-1-3-7-11/h1-10,18H,(H,19,21). The highest BCUT2D eigenvalue weighted by molar-refractivity contribution is 6.32. The second-order valence-electron chi connectivity index (χ2n) is 4.60. The van der Waals surface area contributed by atoms with Gasteiger partial charge in [-0.25, -0.2) is 4.68 Å². The lowest BCUT2D eigenvalue weighted by molar-refractivity contribution is 0.102. The van der Waals surface area contributed by atoms with Crippen LogP contribution in [0.1, 0.15) is 10.4 Å². The Hall–Kier alpha value is -2.79. The first-order valence-corrected chi connectivity index (χ1v) is 6.96. The number of carbonyl (C=O) groups is 1. The van der Waals surface area contributed by atoms with E-state index in [0.717, 1.165) is 0 Å². The van der Waals surface area contributed by atoms with Crippen LogP contribution < -0.4 is 10.9 Å². The van der Waals surface area contributed by atoms with Crippen molar-refractivity contribution >= 4 is 23.2 Å². The molecule has 22 heavy (non-hydrogen) atoms. The van der Waals surface area contributed by atoms with E-state index in [-0.39, 0.29) is 17.2 Å². The zero-order valence-corrected chi connectivity index (χ0v) is 12.2. The van der Waals surface area contributed by atoms with Crippen molar-refractivity contribution in [3.63, 3.8) is 0 Å². The SMILES string of the molecule is O=C(Nc1c[nH]n(-c2ccccc2Cl)c1=O)c1ccccc1. The maximum Gasteiger partial charge on any atom is 0.295 e. The molecule has 0 aliphatic rings. The topological polar surface area (TPSA) is 66.9 Å². The average Bonchev–Trinajstić information content (AvgIpc) is 2.90. The van der Waals surface area contributed by atoms with E-state index in [0.29, 0.717) is 16.3 Å². The second-order valence-corrected chi connectivity index (χ2v) is 5.01. The number of carbonyl (C=O) groups excluding carboxylic acids is 1. The van der Waals surface area contributed by atoms with Gasteiger partial charge in [0.1, 0.15) is 5.69 Å². The number of halogens is 1. The molecule has 3 rings (SSSR count). The Kier molecular flexibility index (Phi) is 3.80. The highest BCUT2D eigenvalue weighted by atomic mass is 35.5. The number of amides is 1. The van der Waals surface area contributed by atoms with Crippen LogP contribution in [0.2, 0.25) is 5.02 Å². The van der Waals surface area contributed by atoms with Gasteiger partial charge in [0.15, 0.2) is 0 Å². The van der Waals surface area contributed by atoms with Crippen LogP contribution in [0.15, 0.2) is 65.6 Å². The number of H-pyrrole nitrogens is 1. The van der Waals surface area contributed by atoms with Gasteiger partial charge in [0, 0.05) is 11.8 Å². The van der Waals surface area contributed by atoms with E-state index >= 15 is 0 Å². The molecule has 5 nitrogen and oxygen atoms in total. The molecule has 0 atom stereocenters. The highest BCUT2D eigenvalue weighted by Crippen LogP contribution is 2.18. The van der Waals surface area contributed by atoms with E-state index in [9.17, 15) is 9.59 Å². The van der Waals surface area contributed by atoms with Crippen molar-refractivity contribution in [1.82, 2.24) is 9.78 Å². The fraction of sp³-hybridized carbons (Fsp3) is 0. The number of anilines is 1. The van der Waals surface area contributed by atoms with Crippen molar-refractivity contribution in [3.8, 4) is 5.69 Å². The summed E-state index contributed by atoms with van der Waals surface area (Å²) in [7, 11) is 0. The molecule has 0 fully saturated rings. The zero-order valence-electron chi connectivity index (χ0n) is 11.4. The minimum atomic E-state index is -0.377. The summed E-state index contributed by atoms with van der Waals surface area (Å²) < 4.78 is 1.28. The first-order valence-electron chi connectivity index (χ1n) is 6.58. The number of para-hydroxylation sites is 1. The number of nitrogens with one attached hydrogen (secondary N) is 2. The molecular formula is C16H12ClN3O2. The molecule has 0 saturated carbocycles. The Morgan fingerprint density at radius 3 is 2.45 bits per heavy atom. The van der Waals surface area contributed by atoms with Gasteiger partial charge < -0.3 is 5.32 Å². The van der Waals surface area contributed by atoms with E-state index in [1.807, 2.05) is 6.07 Å². The van der Waals surface area contributed by atoms with Crippen LogP contribution in [0.25, 0.3) is 5.69 Å². The Bertz CT molecular complexity index is 868. The zero-order chi connectivity index (χ0) is 15.5. The van der Waals surface area contributed by atoms with Crippen LogP contribution in [0.5, 0.6) is 0 Å². The third-order valence-corrected chi connectivity index (χ3v) is 3.47. The number of nitrogens with zero attached hydrogens (tertiary/aromatic N) is 1. The number of hydrogen-bond donors (Lipinski definition) is 2. The molecule has 0 radical (unpaired) electrons.